The number of amides is 1. The molecule has 1 heterocycles. The number of para-hydroxylation sites is 2. The highest BCUT2D eigenvalue weighted by Crippen LogP contribution is 2.29. The third kappa shape index (κ3) is 4.96. The first-order valence-electron chi connectivity index (χ1n) is 8.72. The van der Waals surface area contributed by atoms with Gasteiger partial charge in [-0.25, -0.2) is 0 Å². The molecule has 27 heavy (non-hydrogen) atoms. The van der Waals surface area contributed by atoms with E-state index in [2.05, 4.69) is 4.99 Å². The first kappa shape index (κ1) is 19.6. The van der Waals surface area contributed by atoms with E-state index in [1.165, 1.54) is 0 Å². The van der Waals surface area contributed by atoms with Gasteiger partial charge in [-0.05, 0) is 50.2 Å². The minimum absolute atomic E-state index is 0.124. The highest BCUT2D eigenvalue weighted by Gasteiger charge is 2.27. The van der Waals surface area contributed by atoms with Crippen LogP contribution in [-0.4, -0.2) is 36.1 Å². The number of anilines is 1. The number of carbonyl (C=O) groups is 1. The van der Waals surface area contributed by atoms with Crippen LogP contribution in [-0.2, 0) is 4.79 Å². The quantitative estimate of drug-likeness (QED) is 0.703. The highest BCUT2D eigenvalue weighted by molar-refractivity contribution is 8.14. The number of ether oxygens (including phenoxy) is 2. The molecule has 1 aliphatic rings. The molecule has 3 rings (SSSR count). The number of benzene rings is 2. The summed E-state index contributed by atoms with van der Waals surface area (Å²) in [7, 11) is 0. The third-order valence-corrected chi connectivity index (χ3v) is 5.26. The smallest absolute Gasteiger partial charge is 0.271 e. The van der Waals surface area contributed by atoms with E-state index in [4.69, 9.17) is 21.1 Å². The molecule has 0 bridgehead atoms. The van der Waals surface area contributed by atoms with E-state index in [0.717, 1.165) is 5.75 Å². The first-order chi connectivity index (χ1) is 13.1. The minimum atomic E-state index is -0.205. The van der Waals surface area contributed by atoms with Gasteiger partial charge in [0.05, 0.1) is 18.3 Å². The Morgan fingerprint density at radius 2 is 1.85 bits per heavy atom. The van der Waals surface area contributed by atoms with E-state index < -0.39 is 0 Å². The van der Waals surface area contributed by atoms with Gasteiger partial charge in [0.25, 0.3) is 5.91 Å². The van der Waals surface area contributed by atoms with Gasteiger partial charge in [0.1, 0.15) is 0 Å². The molecule has 0 radical (unpaired) electrons. The number of carbonyl (C=O) groups excluding carboxylic acids is 1. The van der Waals surface area contributed by atoms with Crippen LogP contribution >= 0.6 is 23.4 Å². The van der Waals surface area contributed by atoms with Crippen molar-refractivity contribution in [2.24, 2.45) is 4.99 Å². The van der Waals surface area contributed by atoms with Crippen LogP contribution in [0.4, 0.5) is 5.69 Å². The molecule has 5 nitrogen and oxygen atoms in total. The molecule has 1 aliphatic heterocycles. The number of hydrogen-bond acceptors (Lipinski definition) is 5. The average molecular weight is 405 g/mol. The molecule has 0 unspecified atom stereocenters. The predicted molar refractivity (Wildman–Crippen MR) is 111 cm³/mol. The van der Waals surface area contributed by atoms with Crippen molar-refractivity contribution in [1.82, 2.24) is 0 Å². The molecular weight excluding hydrogens is 384 g/mol. The van der Waals surface area contributed by atoms with Crippen LogP contribution in [0.25, 0.3) is 0 Å². The summed E-state index contributed by atoms with van der Waals surface area (Å²) in [6.07, 6.45) is 0. The second-order valence-electron chi connectivity index (χ2n) is 5.95. The fourth-order valence-electron chi connectivity index (χ4n) is 2.58. The first-order valence-corrected chi connectivity index (χ1v) is 10.1. The topological polar surface area (TPSA) is 51.1 Å². The third-order valence-electron chi connectivity index (χ3n) is 3.81. The van der Waals surface area contributed by atoms with Crippen LogP contribution in [0.15, 0.2) is 53.5 Å². The molecule has 1 amide bonds. The zero-order chi connectivity index (χ0) is 19.2. The Bertz CT molecular complexity index is 826. The molecule has 7 heteroatoms. The van der Waals surface area contributed by atoms with Gasteiger partial charge >= 0.3 is 0 Å². The molecule has 1 atom stereocenters. The Morgan fingerprint density at radius 3 is 2.44 bits per heavy atom. The van der Waals surface area contributed by atoms with Crippen molar-refractivity contribution in [2.45, 2.75) is 19.9 Å². The maximum absolute atomic E-state index is 13.0. The Kier molecular flexibility index (Phi) is 6.63. The second kappa shape index (κ2) is 9.15. The minimum Gasteiger partial charge on any atom is -0.490 e. The number of amidine groups is 1. The van der Waals surface area contributed by atoms with E-state index >= 15 is 0 Å². The van der Waals surface area contributed by atoms with Gasteiger partial charge in [-0.1, -0.05) is 35.5 Å². The fourth-order valence-corrected chi connectivity index (χ4v) is 3.76. The number of nitrogens with zero attached hydrogens (tertiary/aromatic N) is 2. The summed E-state index contributed by atoms with van der Waals surface area (Å²) in [4.78, 5) is 19.2. The van der Waals surface area contributed by atoms with Crippen LogP contribution in [0.2, 0.25) is 5.02 Å². The summed E-state index contributed by atoms with van der Waals surface area (Å²) >= 11 is 7.55. The molecule has 0 aromatic heterocycles. The molecule has 2 aromatic carbocycles. The SMILES string of the molecule is CCOc1ccccc1OCC(=O)N(C1=N[C@H](C)CS1)c1ccc(Cl)cc1. The number of halogens is 1. The number of rotatable bonds is 6. The fraction of sp³-hybridized carbons (Fsp3) is 0.300. The number of thioether (sulfide) groups is 1. The van der Waals surface area contributed by atoms with E-state index in [-0.39, 0.29) is 18.6 Å². The van der Waals surface area contributed by atoms with Gasteiger partial charge in [-0.2, -0.15) is 0 Å². The standard InChI is InChI=1S/C20H21ClN2O3S/c1-3-25-17-6-4-5-7-18(17)26-12-19(24)23(20-22-14(2)13-27-20)16-10-8-15(21)9-11-16/h4-11,14H,3,12-13H2,1-2H3/t14-/m1/s1. The Morgan fingerprint density at radius 1 is 1.19 bits per heavy atom. The molecule has 0 fully saturated rings. The van der Waals surface area contributed by atoms with Gasteiger partial charge < -0.3 is 9.47 Å². The van der Waals surface area contributed by atoms with E-state index in [9.17, 15) is 4.79 Å². The van der Waals surface area contributed by atoms with Gasteiger partial charge in [0.2, 0.25) is 0 Å². The molecule has 142 valence electrons. The molecule has 0 aliphatic carbocycles. The normalized spacial score (nSPS) is 16.0. The summed E-state index contributed by atoms with van der Waals surface area (Å²) in [5.74, 6) is 1.80. The number of aliphatic imine (C=N–C) groups is 1. The van der Waals surface area contributed by atoms with Crippen LogP contribution in [0.1, 0.15) is 13.8 Å². The summed E-state index contributed by atoms with van der Waals surface area (Å²) < 4.78 is 11.3. The molecule has 0 N–H and O–H groups in total. The van der Waals surface area contributed by atoms with Crippen molar-refractivity contribution in [2.75, 3.05) is 23.9 Å². The van der Waals surface area contributed by atoms with Crippen LogP contribution < -0.4 is 14.4 Å². The van der Waals surface area contributed by atoms with Crippen molar-refractivity contribution < 1.29 is 14.3 Å². The lowest BCUT2D eigenvalue weighted by atomic mass is 10.3. The van der Waals surface area contributed by atoms with E-state index in [0.29, 0.717) is 34.0 Å². The molecule has 0 saturated carbocycles. The lowest BCUT2D eigenvalue weighted by Crippen LogP contribution is -2.38. The van der Waals surface area contributed by atoms with Crippen molar-refractivity contribution in [3.05, 3.63) is 53.6 Å². The monoisotopic (exact) mass is 404 g/mol. The van der Waals surface area contributed by atoms with Crippen molar-refractivity contribution in [1.29, 1.82) is 0 Å². The zero-order valence-electron chi connectivity index (χ0n) is 15.2. The number of hydrogen-bond donors (Lipinski definition) is 0. The summed E-state index contributed by atoms with van der Waals surface area (Å²) in [5.41, 5.74) is 0.714. The molecular formula is C20H21ClN2O3S. The maximum Gasteiger partial charge on any atom is 0.271 e. The summed E-state index contributed by atoms with van der Waals surface area (Å²) in [5, 5.41) is 1.29. The lowest BCUT2D eigenvalue weighted by molar-refractivity contribution is -0.119. The Balaban J connectivity index is 1.79. The molecule has 0 spiro atoms. The van der Waals surface area contributed by atoms with E-state index in [1.54, 1.807) is 47.0 Å². The van der Waals surface area contributed by atoms with E-state index in [1.807, 2.05) is 32.0 Å². The largest absolute Gasteiger partial charge is 0.490 e. The van der Waals surface area contributed by atoms with Gasteiger partial charge in [0.15, 0.2) is 23.3 Å². The highest BCUT2D eigenvalue weighted by atomic mass is 35.5. The average Bonchev–Trinajstić information content (AvgIpc) is 3.09. The maximum atomic E-state index is 13.0. The van der Waals surface area contributed by atoms with Crippen molar-refractivity contribution in [3.63, 3.8) is 0 Å². The van der Waals surface area contributed by atoms with Gasteiger partial charge in [-0.3, -0.25) is 14.7 Å². The van der Waals surface area contributed by atoms with Gasteiger partial charge in [0, 0.05) is 10.8 Å². The van der Waals surface area contributed by atoms with Crippen molar-refractivity contribution >= 4 is 40.1 Å². The van der Waals surface area contributed by atoms with Gasteiger partial charge in [-0.15, -0.1) is 0 Å². The zero-order valence-corrected chi connectivity index (χ0v) is 16.8. The molecule has 2 aromatic rings. The Hall–Kier alpha value is -2.18. The summed E-state index contributed by atoms with van der Waals surface area (Å²) in [6, 6.07) is 14.6. The Labute approximate surface area is 168 Å². The van der Waals surface area contributed by atoms with Crippen LogP contribution in [0.3, 0.4) is 0 Å². The van der Waals surface area contributed by atoms with Crippen molar-refractivity contribution in [3.8, 4) is 11.5 Å². The van der Waals surface area contributed by atoms with Crippen LogP contribution in [0.5, 0.6) is 11.5 Å². The predicted octanol–water partition coefficient (Wildman–Crippen LogP) is 4.64. The lowest BCUT2D eigenvalue weighted by Gasteiger charge is -2.22. The molecule has 0 saturated heterocycles. The second-order valence-corrected chi connectivity index (χ2v) is 7.37. The summed E-state index contributed by atoms with van der Waals surface area (Å²) in [6.45, 7) is 4.33. The van der Waals surface area contributed by atoms with Crippen LogP contribution in [0, 0.1) is 0 Å².